The van der Waals surface area contributed by atoms with Crippen LogP contribution in [0.25, 0.3) is 28.1 Å². The van der Waals surface area contributed by atoms with Crippen molar-refractivity contribution in [3.05, 3.63) is 66.5 Å². The number of aromatic nitrogens is 4. The average Bonchev–Trinajstić information content (AvgIpc) is 3.57. The van der Waals surface area contributed by atoms with Crippen LogP contribution in [-0.4, -0.2) is 57.8 Å². The Morgan fingerprint density at radius 3 is 2.54 bits per heavy atom. The number of pyridine rings is 1. The maximum atomic E-state index is 13.2. The van der Waals surface area contributed by atoms with E-state index in [1.165, 1.54) is 31.1 Å². The van der Waals surface area contributed by atoms with Crippen LogP contribution in [0.5, 0.6) is 5.75 Å². The Kier molecular flexibility index (Phi) is 9.58. The lowest BCUT2D eigenvalue weighted by Crippen LogP contribution is -2.01. The fourth-order valence-electron chi connectivity index (χ4n) is 3.13. The molecule has 35 heavy (non-hydrogen) atoms. The smallest absolute Gasteiger partial charge is 0.387 e. The monoisotopic (exact) mass is 505 g/mol. The molecule has 0 radical (unpaired) electrons. The number of halogens is 3. The zero-order valence-corrected chi connectivity index (χ0v) is 19.4. The van der Waals surface area contributed by atoms with Gasteiger partial charge in [-0.05, 0) is 30.8 Å². The van der Waals surface area contributed by atoms with Crippen molar-refractivity contribution < 1.29 is 27.4 Å². The van der Waals surface area contributed by atoms with Crippen molar-refractivity contribution in [3.63, 3.8) is 0 Å². The van der Waals surface area contributed by atoms with Crippen molar-refractivity contribution in [1.29, 1.82) is 0 Å². The molecule has 0 bridgehead atoms. The van der Waals surface area contributed by atoms with E-state index in [1.807, 2.05) is 11.8 Å². The van der Waals surface area contributed by atoms with Crippen LogP contribution >= 0.6 is 11.8 Å². The zero-order valence-electron chi connectivity index (χ0n) is 18.6. The van der Waals surface area contributed by atoms with Gasteiger partial charge in [0.15, 0.2) is 12.1 Å². The van der Waals surface area contributed by atoms with Crippen LogP contribution in [0.4, 0.5) is 13.2 Å². The number of benzene rings is 1. The van der Waals surface area contributed by atoms with E-state index in [0.29, 0.717) is 34.0 Å². The molecule has 1 aromatic carbocycles. The van der Waals surface area contributed by atoms with Crippen LogP contribution in [0.15, 0.2) is 55.1 Å². The summed E-state index contributed by atoms with van der Waals surface area (Å²) in [4.78, 5) is 23.4. The van der Waals surface area contributed by atoms with Gasteiger partial charge in [-0.2, -0.15) is 8.78 Å². The number of hydrogen-bond donors (Lipinski definition) is 1. The van der Waals surface area contributed by atoms with E-state index in [2.05, 4.69) is 25.4 Å². The number of carbonyl (C=O) groups is 1. The SMILES string of the molecule is C1CSCO1.CN.O=Cc1cnc2c(-c3cccc(OC(F)F)c3)cn(-c3ncc(F)cn3)c2c1. The predicted octanol–water partition coefficient (Wildman–Crippen LogP) is 4.32. The molecule has 184 valence electrons. The summed E-state index contributed by atoms with van der Waals surface area (Å²) in [5, 5.41) is 0. The molecule has 0 amide bonds. The van der Waals surface area contributed by atoms with Crippen LogP contribution in [0.1, 0.15) is 10.4 Å². The van der Waals surface area contributed by atoms with Crippen LogP contribution in [0.3, 0.4) is 0 Å². The second-order valence-corrected chi connectivity index (χ2v) is 7.76. The Labute approximate surface area is 203 Å². The second-order valence-electron chi connectivity index (χ2n) is 6.71. The lowest BCUT2D eigenvalue weighted by Gasteiger charge is -2.06. The fourth-order valence-corrected chi connectivity index (χ4v) is 3.71. The lowest BCUT2D eigenvalue weighted by molar-refractivity contribution is -0.0498. The molecule has 3 aromatic heterocycles. The summed E-state index contributed by atoms with van der Waals surface area (Å²) in [7, 11) is 1.50. The Balaban J connectivity index is 0.000000428. The highest BCUT2D eigenvalue weighted by Gasteiger charge is 2.16. The van der Waals surface area contributed by atoms with Gasteiger partial charge in [0.1, 0.15) is 5.75 Å². The standard InChI is InChI=1S/C19H11F3N4O2.C3H6OS.CH5N/c20-13-7-24-19(25-8-13)26-9-15(17-16(26)4-11(10-27)6-23-17)12-2-1-3-14(5-12)28-18(21)22;1-2-5-3-4-1;1-2/h1-10,18H;1-3H2;2H2,1H3. The van der Waals surface area contributed by atoms with E-state index in [-0.39, 0.29) is 11.7 Å². The molecule has 4 heterocycles. The van der Waals surface area contributed by atoms with Crippen molar-refractivity contribution in [2.75, 3.05) is 25.3 Å². The molecule has 8 nitrogen and oxygen atoms in total. The molecule has 1 fully saturated rings. The summed E-state index contributed by atoms with van der Waals surface area (Å²) in [6.45, 7) is -1.98. The maximum absolute atomic E-state index is 13.2. The summed E-state index contributed by atoms with van der Waals surface area (Å²) in [5.41, 5.74) is 6.98. The highest BCUT2D eigenvalue weighted by molar-refractivity contribution is 7.99. The maximum Gasteiger partial charge on any atom is 0.387 e. The Hall–Kier alpha value is -3.48. The normalized spacial score (nSPS) is 12.5. The number of hydrogen-bond acceptors (Lipinski definition) is 8. The Bertz CT molecular complexity index is 1240. The number of rotatable bonds is 5. The van der Waals surface area contributed by atoms with E-state index in [9.17, 15) is 18.0 Å². The molecule has 0 atom stereocenters. The molecule has 0 aliphatic carbocycles. The second kappa shape index (κ2) is 12.8. The molecule has 4 aromatic rings. The number of ether oxygens (including phenoxy) is 2. The summed E-state index contributed by atoms with van der Waals surface area (Å²) in [5.74, 6) is 1.68. The minimum atomic E-state index is -2.95. The lowest BCUT2D eigenvalue weighted by atomic mass is 10.1. The van der Waals surface area contributed by atoms with Gasteiger partial charge in [0.2, 0.25) is 5.95 Å². The topological polar surface area (TPSA) is 105 Å². The van der Waals surface area contributed by atoms with E-state index in [0.717, 1.165) is 24.9 Å². The van der Waals surface area contributed by atoms with Crippen molar-refractivity contribution in [2.45, 2.75) is 6.61 Å². The minimum absolute atomic E-state index is 0.00376. The fraction of sp³-hybridized carbons (Fsp3) is 0.217. The molecule has 1 aliphatic heterocycles. The highest BCUT2D eigenvalue weighted by atomic mass is 32.2. The van der Waals surface area contributed by atoms with Gasteiger partial charge >= 0.3 is 6.61 Å². The molecule has 0 unspecified atom stereocenters. The number of nitrogens with zero attached hydrogens (tertiary/aromatic N) is 4. The molecular weight excluding hydrogens is 483 g/mol. The number of aldehydes is 1. The third-order valence-corrected chi connectivity index (χ3v) is 5.32. The summed E-state index contributed by atoms with van der Waals surface area (Å²) in [6, 6.07) is 7.73. The molecule has 12 heteroatoms. The van der Waals surface area contributed by atoms with E-state index in [4.69, 9.17) is 4.74 Å². The summed E-state index contributed by atoms with van der Waals surface area (Å²) in [6.07, 6.45) is 5.71. The van der Waals surface area contributed by atoms with Gasteiger partial charge in [0.25, 0.3) is 0 Å². The highest BCUT2D eigenvalue weighted by Crippen LogP contribution is 2.33. The van der Waals surface area contributed by atoms with Gasteiger partial charge in [0, 0.05) is 29.3 Å². The van der Waals surface area contributed by atoms with Gasteiger partial charge in [0.05, 0.1) is 36.0 Å². The number of alkyl halides is 2. The first-order chi connectivity index (χ1) is 17.0. The first kappa shape index (κ1) is 26.1. The van der Waals surface area contributed by atoms with Gasteiger partial charge in [-0.3, -0.25) is 14.3 Å². The first-order valence-corrected chi connectivity index (χ1v) is 11.4. The zero-order chi connectivity index (χ0) is 25.2. The van der Waals surface area contributed by atoms with Crippen molar-refractivity contribution >= 4 is 29.1 Å². The molecule has 2 N–H and O–H groups in total. The van der Waals surface area contributed by atoms with E-state index < -0.39 is 12.4 Å². The molecule has 1 saturated heterocycles. The Morgan fingerprint density at radius 2 is 1.94 bits per heavy atom. The number of thioether (sulfide) groups is 1. The average molecular weight is 506 g/mol. The van der Waals surface area contributed by atoms with Crippen molar-refractivity contribution in [3.8, 4) is 22.8 Å². The minimum Gasteiger partial charge on any atom is -0.435 e. The largest absolute Gasteiger partial charge is 0.435 e. The molecular formula is C23H22F3N5O3S. The molecule has 0 saturated carbocycles. The third kappa shape index (κ3) is 6.78. The van der Waals surface area contributed by atoms with Crippen LogP contribution < -0.4 is 10.5 Å². The van der Waals surface area contributed by atoms with E-state index >= 15 is 0 Å². The van der Waals surface area contributed by atoms with Crippen LogP contribution in [0, 0.1) is 5.82 Å². The van der Waals surface area contributed by atoms with Gasteiger partial charge in [-0.1, -0.05) is 12.1 Å². The van der Waals surface area contributed by atoms with Crippen molar-refractivity contribution in [1.82, 2.24) is 19.5 Å². The Morgan fingerprint density at radius 1 is 1.17 bits per heavy atom. The van der Waals surface area contributed by atoms with Crippen LogP contribution in [0.2, 0.25) is 0 Å². The predicted molar refractivity (Wildman–Crippen MR) is 127 cm³/mol. The number of nitrogens with two attached hydrogens (primary N) is 1. The molecule has 5 rings (SSSR count). The van der Waals surface area contributed by atoms with Gasteiger partial charge < -0.3 is 15.2 Å². The third-order valence-electron chi connectivity index (χ3n) is 4.53. The first-order valence-electron chi connectivity index (χ1n) is 10.3. The van der Waals surface area contributed by atoms with Crippen molar-refractivity contribution in [2.24, 2.45) is 5.73 Å². The number of fused-ring (bicyclic) bond motifs is 1. The van der Waals surface area contributed by atoms with Gasteiger partial charge in [-0.25, -0.2) is 14.4 Å². The van der Waals surface area contributed by atoms with Crippen LogP contribution in [-0.2, 0) is 4.74 Å². The summed E-state index contributed by atoms with van der Waals surface area (Å²) >= 11 is 1.85. The summed E-state index contributed by atoms with van der Waals surface area (Å²) < 4.78 is 49.2. The number of carbonyl (C=O) groups excluding carboxylic acids is 1. The molecule has 1 aliphatic rings. The quantitative estimate of drug-likeness (QED) is 0.400. The van der Waals surface area contributed by atoms with E-state index in [1.54, 1.807) is 29.0 Å². The molecule has 0 spiro atoms. The van der Waals surface area contributed by atoms with Gasteiger partial charge in [-0.15, -0.1) is 11.8 Å².